The molecule has 3 rings (SSSR count). The van der Waals surface area contributed by atoms with Crippen molar-refractivity contribution in [1.29, 1.82) is 0 Å². The van der Waals surface area contributed by atoms with E-state index in [1.165, 1.54) is 18.5 Å². The van der Waals surface area contributed by atoms with Crippen molar-refractivity contribution in [3.63, 3.8) is 0 Å². The van der Waals surface area contributed by atoms with Crippen molar-refractivity contribution >= 4 is 10.0 Å². The van der Waals surface area contributed by atoms with Gasteiger partial charge in [-0.05, 0) is 6.07 Å². The molecular formula is C13H12N2O4S. The molecule has 0 aliphatic carbocycles. The average molecular weight is 292 g/mol. The van der Waals surface area contributed by atoms with Gasteiger partial charge in [-0.2, -0.15) is 4.72 Å². The first-order valence-corrected chi connectivity index (χ1v) is 7.47. The predicted molar refractivity (Wildman–Crippen MR) is 72.1 cm³/mol. The van der Waals surface area contributed by atoms with Crippen LogP contribution in [-0.4, -0.2) is 20.0 Å². The number of rotatable bonds is 3. The molecule has 6 nitrogen and oxygen atoms in total. The summed E-state index contributed by atoms with van der Waals surface area (Å²) in [5, 5.41) is 0. The van der Waals surface area contributed by atoms with Crippen LogP contribution in [0.1, 0.15) is 11.6 Å². The highest BCUT2D eigenvalue weighted by atomic mass is 32.2. The summed E-state index contributed by atoms with van der Waals surface area (Å²) in [6.45, 7) is 0.212. The molecule has 0 fully saturated rings. The van der Waals surface area contributed by atoms with Crippen molar-refractivity contribution in [2.45, 2.75) is 10.9 Å². The van der Waals surface area contributed by atoms with E-state index in [-0.39, 0.29) is 11.5 Å². The molecule has 104 valence electrons. The average Bonchev–Trinajstić information content (AvgIpc) is 2.82. The fourth-order valence-electron chi connectivity index (χ4n) is 2.12. The van der Waals surface area contributed by atoms with Crippen molar-refractivity contribution in [3.05, 3.63) is 58.5 Å². The van der Waals surface area contributed by atoms with Gasteiger partial charge in [0.05, 0.1) is 6.04 Å². The summed E-state index contributed by atoms with van der Waals surface area (Å²) in [4.78, 5) is 13.9. The van der Waals surface area contributed by atoms with E-state index >= 15 is 0 Å². The molecule has 0 amide bonds. The molecule has 1 aromatic carbocycles. The molecule has 1 unspecified atom stereocenters. The molecule has 7 heteroatoms. The lowest BCUT2D eigenvalue weighted by Crippen LogP contribution is -2.32. The van der Waals surface area contributed by atoms with Crippen LogP contribution >= 0.6 is 0 Å². The lowest BCUT2D eigenvalue weighted by Gasteiger charge is -2.11. The van der Waals surface area contributed by atoms with Crippen molar-refractivity contribution in [1.82, 2.24) is 9.71 Å². The Balaban J connectivity index is 1.93. The van der Waals surface area contributed by atoms with Crippen molar-refractivity contribution in [3.8, 4) is 5.75 Å². The van der Waals surface area contributed by atoms with E-state index in [9.17, 15) is 13.2 Å². The van der Waals surface area contributed by atoms with Crippen LogP contribution in [0.5, 0.6) is 5.75 Å². The molecule has 1 aromatic heterocycles. The lowest BCUT2D eigenvalue weighted by atomic mass is 10.1. The number of aromatic amines is 1. The van der Waals surface area contributed by atoms with Gasteiger partial charge in [-0.25, -0.2) is 8.42 Å². The molecule has 0 saturated heterocycles. The maximum atomic E-state index is 12.2. The minimum absolute atomic E-state index is 0.212. The van der Waals surface area contributed by atoms with Gasteiger partial charge < -0.3 is 9.72 Å². The Kier molecular flexibility index (Phi) is 3.07. The third kappa shape index (κ3) is 2.21. The predicted octanol–water partition coefficient (Wildman–Crippen LogP) is 0.787. The largest absolute Gasteiger partial charge is 0.491 e. The van der Waals surface area contributed by atoms with E-state index in [1.807, 2.05) is 12.1 Å². The number of pyridine rings is 1. The Morgan fingerprint density at radius 2 is 2.05 bits per heavy atom. The second-order valence-electron chi connectivity index (χ2n) is 4.40. The van der Waals surface area contributed by atoms with Gasteiger partial charge in [0.1, 0.15) is 17.3 Å². The summed E-state index contributed by atoms with van der Waals surface area (Å²) in [7, 11) is -3.89. The SMILES string of the molecule is O=c1cc[nH]cc1S(=O)(=O)NC1COc2ccccc21. The first-order valence-electron chi connectivity index (χ1n) is 5.99. The number of H-pyrrole nitrogens is 1. The molecule has 2 heterocycles. The Hall–Kier alpha value is -2.12. The Morgan fingerprint density at radius 3 is 2.85 bits per heavy atom. The van der Waals surface area contributed by atoms with Gasteiger partial charge in [-0.15, -0.1) is 0 Å². The van der Waals surface area contributed by atoms with E-state index in [1.54, 1.807) is 12.1 Å². The second-order valence-corrected chi connectivity index (χ2v) is 6.08. The van der Waals surface area contributed by atoms with Crippen LogP contribution in [0.4, 0.5) is 0 Å². The number of para-hydroxylation sites is 1. The fourth-order valence-corrected chi connectivity index (χ4v) is 3.37. The molecule has 1 aliphatic heterocycles. The van der Waals surface area contributed by atoms with Crippen molar-refractivity contribution in [2.24, 2.45) is 0 Å². The van der Waals surface area contributed by atoms with Crippen LogP contribution < -0.4 is 14.9 Å². The highest BCUT2D eigenvalue weighted by Crippen LogP contribution is 2.32. The Bertz CT molecular complexity index is 798. The highest BCUT2D eigenvalue weighted by Gasteiger charge is 2.29. The van der Waals surface area contributed by atoms with Crippen molar-refractivity contribution in [2.75, 3.05) is 6.61 Å². The number of fused-ring (bicyclic) bond motifs is 1. The third-order valence-corrected chi connectivity index (χ3v) is 4.57. The number of benzene rings is 1. The normalized spacial score (nSPS) is 17.5. The van der Waals surface area contributed by atoms with Gasteiger partial charge in [0, 0.05) is 24.0 Å². The maximum absolute atomic E-state index is 12.2. The maximum Gasteiger partial charge on any atom is 0.246 e. The van der Waals surface area contributed by atoms with Crippen LogP contribution in [0.15, 0.2) is 52.4 Å². The zero-order valence-electron chi connectivity index (χ0n) is 10.4. The third-order valence-electron chi connectivity index (χ3n) is 3.08. The number of sulfonamides is 1. The zero-order chi connectivity index (χ0) is 14.2. The van der Waals surface area contributed by atoms with Gasteiger partial charge >= 0.3 is 0 Å². The summed E-state index contributed by atoms with van der Waals surface area (Å²) in [5.74, 6) is 0.655. The molecule has 0 spiro atoms. The van der Waals surface area contributed by atoms with Gasteiger partial charge in [0.25, 0.3) is 0 Å². The number of ether oxygens (including phenoxy) is 1. The van der Waals surface area contributed by atoms with Crippen LogP contribution in [0.2, 0.25) is 0 Å². The second kappa shape index (κ2) is 4.77. The van der Waals surface area contributed by atoms with Crippen molar-refractivity contribution < 1.29 is 13.2 Å². The molecule has 2 N–H and O–H groups in total. The number of nitrogens with one attached hydrogen (secondary N) is 2. The minimum Gasteiger partial charge on any atom is -0.491 e. The molecule has 20 heavy (non-hydrogen) atoms. The van der Waals surface area contributed by atoms with E-state index in [4.69, 9.17) is 4.74 Å². The molecule has 2 aromatic rings. The van der Waals surface area contributed by atoms with Crippen LogP contribution in [0, 0.1) is 0 Å². The fraction of sp³-hybridized carbons (Fsp3) is 0.154. The van der Waals surface area contributed by atoms with E-state index in [0.29, 0.717) is 5.75 Å². The van der Waals surface area contributed by atoms with E-state index in [2.05, 4.69) is 9.71 Å². The van der Waals surface area contributed by atoms with Gasteiger partial charge in [0.2, 0.25) is 15.5 Å². The number of aromatic nitrogens is 1. The quantitative estimate of drug-likeness (QED) is 0.875. The summed E-state index contributed by atoms with van der Waals surface area (Å²) in [5.41, 5.74) is 0.215. The topological polar surface area (TPSA) is 88.3 Å². The number of hydrogen-bond donors (Lipinski definition) is 2. The zero-order valence-corrected chi connectivity index (χ0v) is 11.2. The van der Waals surface area contributed by atoms with Gasteiger partial charge in [-0.1, -0.05) is 18.2 Å². The number of hydrogen-bond acceptors (Lipinski definition) is 4. The minimum atomic E-state index is -3.89. The summed E-state index contributed by atoms with van der Waals surface area (Å²) < 4.78 is 32.4. The molecule has 1 atom stereocenters. The van der Waals surface area contributed by atoms with Gasteiger partial charge in [0.15, 0.2) is 0 Å². The van der Waals surface area contributed by atoms with E-state index in [0.717, 1.165) is 5.56 Å². The molecule has 0 bridgehead atoms. The van der Waals surface area contributed by atoms with Crippen LogP contribution in [0.3, 0.4) is 0 Å². The summed E-state index contributed by atoms with van der Waals surface area (Å²) in [6, 6.07) is 7.88. The molecule has 0 saturated carbocycles. The molecule has 0 radical (unpaired) electrons. The first kappa shape index (κ1) is 12.9. The monoisotopic (exact) mass is 292 g/mol. The molecule has 1 aliphatic rings. The first-order chi connectivity index (χ1) is 9.58. The smallest absolute Gasteiger partial charge is 0.246 e. The summed E-state index contributed by atoms with van der Waals surface area (Å²) >= 11 is 0. The highest BCUT2D eigenvalue weighted by molar-refractivity contribution is 7.89. The molecular weight excluding hydrogens is 280 g/mol. The van der Waals surface area contributed by atoms with E-state index < -0.39 is 21.5 Å². The van der Waals surface area contributed by atoms with Gasteiger partial charge in [-0.3, -0.25) is 4.79 Å². The Labute approximate surface area is 115 Å². The lowest BCUT2D eigenvalue weighted by molar-refractivity contribution is 0.325. The Morgan fingerprint density at radius 1 is 1.25 bits per heavy atom. The summed E-state index contributed by atoms with van der Waals surface area (Å²) in [6.07, 6.45) is 2.56. The van der Waals surface area contributed by atoms with Crippen LogP contribution in [-0.2, 0) is 10.0 Å². The van der Waals surface area contributed by atoms with Crippen LogP contribution in [0.25, 0.3) is 0 Å². The standard InChI is InChI=1S/C13H12N2O4S/c16-11-5-6-14-7-13(11)20(17,18)15-10-8-19-12-4-2-1-3-9(10)12/h1-7,10,15H,8H2,(H,14,16).